The zero-order valence-electron chi connectivity index (χ0n) is 43.0. The van der Waals surface area contributed by atoms with Gasteiger partial charge >= 0.3 is 0 Å². The summed E-state index contributed by atoms with van der Waals surface area (Å²) in [7, 11) is 3.28. The Morgan fingerprint density at radius 1 is 0.556 bits per heavy atom. The van der Waals surface area contributed by atoms with Crippen LogP contribution in [0.25, 0.3) is 44.4 Å². The van der Waals surface area contributed by atoms with Gasteiger partial charge in [0, 0.05) is 90.3 Å². The van der Waals surface area contributed by atoms with E-state index in [1.54, 1.807) is 26.6 Å². The molecule has 3 aromatic rings. The third-order valence-electron chi connectivity index (χ3n) is 10.7. The summed E-state index contributed by atoms with van der Waals surface area (Å²) < 4.78 is 45.3. The van der Waals surface area contributed by atoms with Gasteiger partial charge in [-0.1, -0.05) is 37.1 Å². The summed E-state index contributed by atoms with van der Waals surface area (Å²) in [5.41, 5.74) is 12.2. The molecule has 4 N–H and O–H groups in total. The van der Waals surface area contributed by atoms with Crippen molar-refractivity contribution in [1.82, 2.24) is 24.9 Å². The zero-order valence-corrected chi connectivity index (χ0v) is 44.6. The number of aryl methyl sites for hydroxylation is 2. The van der Waals surface area contributed by atoms with E-state index in [2.05, 4.69) is 26.8 Å². The molecule has 0 amide bonds. The number of nitrogens with zero attached hydrogens (tertiary/aromatic N) is 5. The van der Waals surface area contributed by atoms with Crippen molar-refractivity contribution in [3.63, 3.8) is 0 Å². The van der Waals surface area contributed by atoms with E-state index in [9.17, 15) is 10.2 Å². The summed E-state index contributed by atoms with van der Waals surface area (Å²) in [6.45, 7) is 15.6. The molecule has 0 atom stereocenters. The van der Waals surface area contributed by atoms with Crippen LogP contribution in [0.4, 0.5) is 0 Å². The van der Waals surface area contributed by atoms with Crippen molar-refractivity contribution in [2.75, 3.05) is 107 Å². The first-order chi connectivity index (χ1) is 34.3. The quantitative estimate of drug-likeness (QED) is 0.0537. The van der Waals surface area contributed by atoms with Gasteiger partial charge in [0.25, 0.3) is 11.9 Å². The average molecular weight is 1170 g/mol. The van der Waals surface area contributed by atoms with Gasteiger partial charge in [0.15, 0.2) is 11.5 Å². The number of hydrogen-bond donors (Lipinski definition) is 4. The predicted molar refractivity (Wildman–Crippen MR) is 271 cm³/mol. The third-order valence-corrected chi connectivity index (χ3v) is 10.7. The van der Waals surface area contributed by atoms with E-state index in [0.717, 1.165) is 88.2 Å². The summed E-state index contributed by atoms with van der Waals surface area (Å²) in [6, 6.07) is 7.76. The second-order valence-corrected chi connectivity index (χ2v) is 15.9. The molecular weight excluding hydrogens is 1090 g/mol. The Balaban J connectivity index is 0.00000183. The number of carboxylic acids is 2. The molecule has 72 heavy (non-hydrogen) atoms. The van der Waals surface area contributed by atoms with E-state index in [1.807, 2.05) is 25.1 Å². The summed E-state index contributed by atoms with van der Waals surface area (Å²) in [5, 5.41) is 34.5. The minimum atomic E-state index is -0.833. The fraction of sp³-hybridized carbons (Fsp3) is 0.538. The number of aliphatic carboxylic acids is 2. The fourth-order valence-corrected chi connectivity index (χ4v) is 7.33. The van der Waals surface area contributed by atoms with Gasteiger partial charge < -0.3 is 63.3 Å². The van der Waals surface area contributed by atoms with Gasteiger partial charge in [0.05, 0.1) is 112 Å². The topological polar surface area (TPSA) is 255 Å². The van der Waals surface area contributed by atoms with Crippen molar-refractivity contribution >= 4 is 56.3 Å². The van der Waals surface area contributed by atoms with Gasteiger partial charge in [0.2, 0.25) is 0 Å². The minimum absolute atomic E-state index is 0. The Hall–Kier alpha value is -4.41. The van der Waals surface area contributed by atoms with Crippen molar-refractivity contribution in [1.29, 1.82) is 0 Å². The Bertz CT molecular complexity index is 2390. The molecule has 0 unspecified atom stereocenters. The normalized spacial score (nSPS) is 11.8. The second-order valence-electron chi connectivity index (χ2n) is 15.9. The molecule has 2 aromatic heterocycles. The van der Waals surface area contributed by atoms with E-state index in [1.165, 1.54) is 0 Å². The molecule has 1 aromatic carbocycles. The summed E-state index contributed by atoms with van der Waals surface area (Å²) in [6.07, 6.45) is 7.61. The van der Waals surface area contributed by atoms with E-state index < -0.39 is 11.9 Å². The van der Waals surface area contributed by atoms with E-state index in [4.69, 9.17) is 82.6 Å². The molecule has 1 radical (unpaired) electrons. The van der Waals surface area contributed by atoms with Crippen LogP contribution in [0.1, 0.15) is 101 Å². The standard InChI is InChI=1S/C48H66N5O10.2C2H4O2.Lu/c1-7-35-36(8-2)46-32-50-44-30-48(63-26-24-61-22-20-59-18-16-57-6)47(62-25-23-60-21-19-58-17-15-56-5)29-43(44)49-31-45-34(4)38(12-10-14-55)41(52-45)27-39-33(3)37(11-9-13-54)42(51-39)28-40(35)53-46;2*1-2(3)4;/h27-32,54-55H,7-26H2,1-6H3;2*1H3,(H,3,4);/q-1;;;. The van der Waals surface area contributed by atoms with Gasteiger partial charge in [-0.05, 0) is 74.7 Å². The maximum Gasteiger partial charge on any atom is 0.300 e. The van der Waals surface area contributed by atoms with Gasteiger partial charge in [-0.3, -0.25) is 19.6 Å². The van der Waals surface area contributed by atoms with Gasteiger partial charge in [0.1, 0.15) is 13.2 Å². The largest absolute Gasteiger partial charge is 0.657 e. The number of fused-ring (bicyclic) bond motifs is 7. The first-order valence-electron chi connectivity index (χ1n) is 23.9. The fourth-order valence-electron chi connectivity index (χ4n) is 7.33. The molecule has 0 spiro atoms. The number of methoxy groups -OCH3 is 2. The number of benzene rings is 1. The van der Waals surface area contributed by atoms with Crippen LogP contribution in [0.3, 0.4) is 0 Å². The molecule has 5 rings (SSSR count). The number of aliphatic hydroxyl groups is 2. The van der Waals surface area contributed by atoms with Crippen LogP contribution in [-0.2, 0) is 44.4 Å². The maximum absolute atomic E-state index is 9.84. The molecule has 6 bridgehead atoms. The van der Waals surface area contributed by atoms with Crippen LogP contribution >= 0.6 is 0 Å². The summed E-state index contributed by atoms with van der Waals surface area (Å²) >= 11 is 0. The molecule has 0 fully saturated rings. The Kier molecular flexibility index (Phi) is 32.3. The van der Waals surface area contributed by atoms with E-state index in [-0.39, 0.29) is 63.3 Å². The molecule has 0 aliphatic carbocycles. The van der Waals surface area contributed by atoms with Gasteiger partial charge in [-0.15, -0.1) is 11.0 Å². The van der Waals surface area contributed by atoms with Gasteiger partial charge in [-0.2, -0.15) is 0 Å². The molecule has 0 saturated carbocycles. The Labute approximate surface area is 452 Å². The second kappa shape index (κ2) is 36.5. The number of carboxylic acid groups (broad SMARTS) is 2. The van der Waals surface area contributed by atoms with Crippen molar-refractivity contribution in [3.8, 4) is 11.5 Å². The molecule has 2 aliphatic heterocycles. The molecule has 0 saturated heterocycles. The number of aliphatic hydroxyl groups excluding tert-OH is 2. The number of carbonyl (C=O) groups is 2. The van der Waals surface area contributed by atoms with Crippen LogP contribution in [0.5, 0.6) is 11.5 Å². The zero-order chi connectivity index (χ0) is 52.0. The molecule has 4 heterocycles. The molecule has 19 nitrogen and oxygen atoms in total. The molecule has 2 aliphatic rings. The monoisotopic (exact) mass is 1170 g/mol. The first kappa shape index (κ1) is 63.7. The first-order valence-corrected chi connectivity index (χ1v) is 23.9. The Morgan fingerprint density at radius 2 is 0.958 bits per heavy atom. The maximum atomic E-state index is 9.84. The number of ether oxygens (including phenoxy) is 8. The van der Waals surface area contributed by atoms with Crippen LogP contribution < -0.4 is 14.5 Å². The predicted octanol–water partition coefficient (Wildman–Crippen LogP) is 6.93. The number of hydrogen-bond acceptors (Lipinski definition) is 16. The average Bonchev–Trinajstić information content (AvgIpc) is 3.94. The smallest absolute Gasteiger partial charge is 0.300 e. The SMILES string of the molecule is CC(=O)O.CC(=O)O.CCC1=C(CC)c2cc3[n-]c(cc4nc(cnc5cc(OCCOCCOCCOC)c(OCCOCCOCCOC)cc5ncc1n2)C(C)=C4CCCO)c(C)c3CCCO.[Lu]. The van der Waals surface area contributed by atoms with Crippen LogP contribution in [0.15, 0.2) is 36.7 Å². The number of rotatable bonds is 28. The Morgan fingerprint density at radius 3 is 1.43 bits per heavy atom. The van der Waals surface area contributed by atoms with Gasteiger partial charge in [-0.25, -0.2) is 9.97 Å². The molecule has 407 valence electrons. The van der Waals surface area contributed by atoms with Crippen molar-refractivity contribution in [3.05, 3.63) is 70.6 Å². The number of aromatic nitrogens is 5. The third kappa shape index (κ3) is 22.0. The van der Waals surface area contributed by atoms with Crippen molar-refractivity contribution < 1.29 is 105 Å². The van der Waals surface area contributed by atoms with Crippen molar-refractivity contribution in [2.45, 2.75) is 80.1 Å². The van der Waals surface area contributed by atoms with E-state index >= 15 is 0 Å². The van der Waals surface area contributed by atoms with E-state index in [0.29, 0.717) is 120 Å². The van der Waals surface area contributed by atoms with Crippen LogP contribution in [-0.4, -0.2) is 159 Å². The summed E-state index contributed by atoms with van der Waals surface area (Å²) in [5.74, 6) is -0.727. The number of allylic oxidation sites excluding steroid dienone is 4. The summed E-state index contributed by atoms with van der Waals surface area (Å²) in [4.78, 5) is 43.5. The molecular formula is C52H74LuN5O14-. The van der Waals surface area contributed by atoms with Crippen LogP contribution in [0, 0.1) is 43.8 Å². The molecule has 20 heteroatoms. The van der Waals surface area contributed by atoms with Crippen LogP contribution in [0.2, 0.25) is 0 Å². The minimum Gasteiger partial charge on any atom is -0.657 e. The van der Waals surface area contributed by atoms with Crippen molar-refractivity contribution in [2.24, 2.45) is 0 Å².